The van der Waals surface area contributed by atoms with Crippen LogP contribution < -0.4 is 10.1 Å². The number of piperidine rings is 1. The van der Waals surface area contributed by atoms with Gasteiger partial charge in [0.2, 0.25) is 11.8 Å². The summed E-state index contributed by atoms with van der Waals surface area (Å²) >= 11 is 0. The van der Waals surface area contributed by atoms with Crippen LogP contribution in [0.4, 0.5) is 0 Å². The van der Waals surface area contributed by atoms with Gasteiger partial charge in [-0.05, 0) is 29.7 Å². The fourth-order valence-corrected chi connectivity index (χ4v) is 4.24. The normalized spacial score (nSPS) is 28.9. The largest absolute Gasteiger partial charge is 0.489 e. The Hall–Kier alpha value is -3.23. The number of amides is 3. The molecule has 3 unspecified atom stereocenters. The molecule has 5 rings (SSSR count). The van der Waals surface area contributed by atoms with Crippen LogP contribution in [0.25, 0.3) is 0 Å². The molecule has 2 aromatic rings. The van der Waals surface area contributed by atoms with E-state index in [1.54, 1.807) is 18.2 Å². The second-order valence-electron chi connectivity index (χ2n) is 8.17. The van der Waals surface area contributed by atoms with E-state index in [0.29, 0.717) is 23.3 Å². The average Bonchev–Trinajstić information content (AvgIpc) is 3.20. The Labute approximate surface area is 198 Å². The maximum atomic E-state index is 13.0. The molecule has 2 fully saturated rings. The van der Waals surface area contributed by atoms with Crippen molar-refractivity contribution in [2.75, 3.05) is 26.2 Å². The van der Waals surface area contributed by atoms with Crippen molar-refractivity contribution < 1.29 is 29.3 Å². The number of nitrogens with zero attached hydrogens (tertiary/aromatic N) is 2. The summed E-state index contributed by atoms with van der Waals surface area (Å²) in [4.78, 5) is 39.6. The summed E-state index contributed by atoms with van der Waals surface area (Å²) in [6.07, 6.45) is 0.487. The van der Waals surface area contributed by atoms with Gasteiger partial charge < -0.3 is 14.4 Å². The molecule has 8 nitrogen and oxygen atoms in total. The summed E-state index contributed by atoms with van der Waals surface area (Å²) in [7, 11) is 0. The Kier molecular flexibility index (Phi) is 4.88. The highest BCUT2D eigenvalue weighted by molar-refractivity contribution is 6.05. The lowest BCUT2D eigenvalue weighted by Crippen LogP contribution is -2.52. The SMILES string of the molecule is [2H]C1OCC([2H])([2H])N(Cc2ccc(COc3cccc4c3CN(C3CCC(=O)NC3=O)C4=O)cc2)C1[2H]. The van der Waals surface area contributed by atoms with E-state index >= 15 is 0 Å². The van der Waals surface area contributed by atoms with Gasteiger partial charge in [0.1, 0.15) is 18.4 Å². The van der Waals surface area contributed by atoms with E-state index in [4.69, 9.17) is 15.0 Å². The van der Waals surface area contributed by atoms with E-state index in [-0.39, 0.29) is 44.5 Å². The van der Waals surface area contributed by atoms with Gasteiger partial charge in [0.25, 0.3) is 5.91 Å². The Morgan fingerprint density at radius 2 is 1.94 bits per heavy atom. The van der Waals surface area contributed by atoms with E-state index < -0.39 is 31.5 Å². The van der Waals surface area contributed by atoms with Crippen molar-refractivity contribution in [1.82, 2.24) is 15.1 Å². The van der Waals surface area contributed by atoms with Gasteiger partial charge in [0.05, 0.1) is 21.1 Å². The van der Waals surface area contributed by atoms with Crippen LogP contribution in [-0.4, -0.2) is 59.8 Å². The molecule has 8 heteroatoms. The zero-order valence-corrected chi connectivity index (χ0v) is 18.0. The van der Waals surface area contributed by atoms with Crippen molar-refractivity contribution in [2.24, 2.45) is 0 Å². The first-order valence-corrected chi connectivity index (χ1v) is 10.8. The number of fused-ring (bicyclic) bond motifs is 1. The predicted octanol–water partition coefficient (Wildman–Crippen LogP) is 1.86. The highest BCUT2D eigenvalue weighted by Crippen LogP contribution is 2.34. The third kappa shape index (κ3) is 4.62. The van der Waals surface area contributed by atoms with E-state index in [1.807, 2.05) is 24.3 Å². The summed E-state index contributed by atoms with van der Waals surface area (Å²) < 4.78 is 43.2. The minimum absolute atomic E-state index is 0.172. The van der Waals surface area contributed by atoms with Crippen LogP contribution in [0.15, 0.2) is 42.5 Å². The predicted molar refractivity (Wildman–Crippen MR) is 119 cm³/mol. The molecule has 0 bridgehead atoms. The second kappa shape index (κ2) is 9.33. The molecule has 172 valence electrons. The lowest BCUT2D eigenvalue weighted by atomic mass is 10.0. The summed E-state index contributed by atoms with van der Waals surface area (Å²) in [5, 5.41) is 2.30. The topological polar surface area (TPSA) is 88.2 Å². The van der Waals surface area contributed by atoms with Gasteiger partial charge in [0.15, 0.2) is 0 Å². The molecule has 3 aliphatic heterocycles. The molecule has 3 heterocycles. The zero-order valence-electron chi connectivity index (χ0n) is 22.0. The van der Waals surface area contributed by atoms with Gasteiger partial charge in [-0.2, -0.15) is 0 Å². The molecule has 3 aliphatic rings. The van der Waals surface area contributed by atoms with Crippen molar-refractivity contribution in [3.8, 4) is 5.75 Å². The first-order chi connectivity index (χ1) is 17.6. The quantitative estimate of drug-likeness (QED) is 0.672. The van der Waals surface area contributed by atoms with Crippen LogP contribution in [0.1, 0.15) is 45.4 Å². The van der Waals surface area contributed by atoms with Crippen LogP contribution in [-0.2, 0) is 34.0 Å². The van der Waals surface area contributed by atoms with Crippen molar-refractivity contribution in [1.29, 1.82) is 0 Å². The Balaban J connectivity index is 1.24. The number of rotatable bonds is 6. The van der Waals surface area contributed by atoms with Gasteiger partial charge in [0, 0.05) is 41.2 Å². The highest BCUT2D eigenvalue weighted by atomic mass is 16.5. The fraction of sp³-hybridized carbons (Fsp3) is 0.400. The lowest BCUT2D eigenvalue weighted by Gasteiger charge is -2.29. The van der Waals surface area contributed by atoms with Gasteiger partial charge in [-0.1, -0.05) is 30.3 Å². The first kappa shape index (κ1) is 17.3. The molecule has 2 aromatic carbocycles. The molecular weight excluding hydrogens is 422 g/mol. The monoisotopic (exact) mass is 453 g/mol. The smallest absolute Gasteiger partial charge is 0.255 e. The maximum absolute atomic E-state index is 13.0. The molecule has 0 spiro atoms. The molecule has 3 atom stereocenters. The number of morpholine rings is 1. The van der Waals surface area contributed by atoms with Crippen LogP contribution in [0, 0.1) is 0 Å². The standard InChI is InChI=1S/C25H27N3O5/c29-23-9-8-21(24(30)26-23)28-15-20-19(25(28)31)2-1-3-22(20)33-16-18-6-4-17(5-7-18)14-27-10-12-32-13-11-27/h1-7,21H,8-16H2,(H,26,29,30)/i10D,11D2,12D. The van der Waals surface area contributed by atoms with Crippen molar-refractivity contribution in [3.05, 3.63) is 64.7 Å². The number of carbonyl (C=O) groups excluding carboxylic acids is 3. The minimum Gasteiger partial charge on any atom is -0.489 e. The fourth-order valence-electron chi connectivity index (χ4n) is 4.24. The van der Waals surface area contributed by atoms with Gasteiger partial charge in [-0.15, -0.1) is 0 Å². The summed E-state index contributed by atoms with van der Waals surface area (Å²) in [6, 6.07) is 11.9. The molecule has 0 aromatic heterocycles. The van der Waals surface area contributed by atoms with Crippen molar-refractivity contribution in [2.45, 2.75) is 38.6 Å². The second-order valence-corrected chi connectivity index (χ2v) is 8.17. The van der Waals surface area contributed by atoms with Gasteiger partial charge >= 0.3 is 0 Å². The van der Waals surface area contributed by atoms with Gasteiger partial charge in [-0.3, -0.25) is 24.6 Å². The maximum Gasteiger partial charge on any atom is 0.255 e. The van der Waals surface area contributed by atoms with E-state index in [2.05, 4.69) is 5.32 Å². The summed E-state index contributed by atoms with van der Waals surface area (Å²) in [5.41, 5.74) is 2.84. The number of imide groups is 1. The van der Waals surface area contributed by atoms with E-state index in [9.17, 15) is 14.4 Å². The number of hydrogen-bond acceptors (Lipinski definition) is 6. The van der Waals surface area contributed by atoms with Crippen molar-refractivity contribution in [3.63, 3.8) is 0 Å². The van der Waals surface area contributed by atoms with Gasteiger partial charge in [-0.25, -0.2) is 0 Å². The molecule has 1 N–H and O–H groups in total. The number of benzene rings is 2. The summed E-state index contributed by atoms with van der Waals surface area (Å²) in [6.45, 7) is -3.71. The molecule has 2 saturated heterocycles. The van der Waals surface area contributed by atoms with Crippen LogP contribution in [0.5, 0.6) is 5.75 Å². The number of nitrogens with one attached hydrogen (secondary N) is 1. The number of carbonyl (C=O) groups is 3. The molecule has 33 heavy (non-hydrogen) atoms. The molecule has 0 radical (unpaired) electrons. The van der Waals surface area contributed by atoms with Crippen LogP contribution in [0.3, 0.4) is 0 Å². The molecule has 0 aliphatic carbocycles. The van der Waals surface area contributed by atoms with E-state index in [0.717, 1.165) is 11.1 Å². The Morgan fingerprint density at radius 1 is 1.12 bits per heavy atom. The Bertz CT molecular complexity index is 1230. The number of ether oxygens (including phenoxy) is 2. The third-order valence-electron chi connectivity index (χ3n) is 6.00. The average molecular weight is 454 g/mol. The molecule has 0 saturated carbocycles. The minimum atomic E-state index is -1.83. The first-order valence-electron chi connectivity index (χ1n) is 13.0. The van der Waals surface area contributed by atoms with Crippen LogP contribution in [0.2, 0.25) is 0 Å². The lowest BCUT2D eigenvalue weighted by molar-refractivity contribution is -0.136. The molecular formula is C25H27N3O5. The van der Waals surface area contributed by atoms with E-state index in [1.165, 1.54) is 9.80 Å². The molecule has 3 amide bonds. The number of hydrogen-bond donors (Lipinski definition) is 1. The summed E-state index contributed by atoms with van der Waals surface area (Å²) in [5.74, 6) is -0.501. The van der Waals surface area contributed by atoms with Crippen LogP contribution >= 0.6 is 0 Å². The van der Waals surface area contributed by atoms with Crippen molar-refractivity contribution >= 4 is 17.7 Å². The Morgan fingerprint density at radius 3 is 2.76 bits per heavy atom. The third-order valence-corrected chi connectivity index (χ3v) is 6.00. The zero-order chi connectivity index (χ0) is 26.3. The highest BCUT2D eigenvalue weighted by Gasteiger charge is 2.40.